The molecule has 0 amide bonds. The number of hydrogen-bond acceptors (Lipinski definition) is 3. The SMILES string of the molecule is CC(C)CC1NC(C(=O)O)C(c2cccc(Cl)c2)C1(N)c1ccc(Cl)cc1. The number of nitrogens with two attached hydrogens (primary N) is 1. The van der Waals surface area contributed by atoms with Crippen LogP contribution in [0, 0.1) is 5.92 Å². The van der Waals surface area contributed by atoms with Crippen LogP contribution in [0.15, 0.2) is 48.5 Å². The summed E-state index contributed by atoms with van der Waals surface area (Å²) in [7, 11) is 0. The molecular formula is C21H24Cl2N2O2. The highest BCUT2D eigenvalue weighted by atomic mass is 35.5. The maximum absolute atomic E-state index is 12.1. The molecule has 0 bridgehead atoms. The Kier molecular flexibility index (Phi) is 5.82. The lowest BCUT2D eigenvalue weighted by molar-refractivity contribution is -0.139. The molecule has 3 rings (SSSR count). The van der Waals surface area contributed by atoms with Gasteiger partial charge in [0.1, 0.15) is 6.04 Å². The van der Waals surface area contributed by atoms with Crippen LogP contribution >= 0.6 is 23.2 Å². The molecule has 27 heavy (non-hydrogen) atoms. The maximum atomic E-state index is 12.1. The lowest BCUT2D eigenvalue weighted by atomic mass is 9.70. The van der Waals surface area contributed by atoms with Gasteiger partial charge in [0.05, 0.1) is 5.54 Å². The third-order valence-electron chi connectivity index (χ3n) is 5.33. The zero-order chi connectivity index (χ0) is 19.8. The Morgan fingerprint density at radius 1 is 1.19 bits per heavy atom. The van der Waals surface area contributed by atoms with Gasteiger partial charge in [-0.2, -0.15) is 0 Å². The Labute approximate surface area is 169 Å². The van der Waals surface area contributed by atoms with Crippen LogP contribution in [-0.2, 0) is 10.3 Å². The largest absolute Gasteiger partial charge is 0.480 e. The summed E-state index contributed by atoms with van der Waals surface area (Å²) in [4.78, 5) is 12.1. The molecule has 6 heteroatoms. The first-order chi connectivity index (χ1) is 12.7. The minimum absolute atomic E-state index is 0.205. The molecule has 4 nitrogen and oxygen atoms in total. The fraction of sp³-hybridized carbons (Fsp3) is 0.381. The van der Waals surface area contributed by atoms with Gasteiger partial charge in [-0.05, 0) is 47.7 Å². The molecule has 4 atom stereocenters. The second kappa shape index (κ2) is 7.80. The van der Waals surface area contributed by atoms with E-state index in [-0.39, 0.29) is 6.04 Å². The van der Waals surface area contributed by atoms with Crippen LogP contribution < -0.4 is 11.1 Å². The molecule has 4 N–H and O–H groups in total. The molecule has 1 saturated heterocycles. The Morgan fingerprint density at radius 2 is 1.85 bits per heavy atom. The number of nitrogens with one attached hydrogen (secondary N) is 1. The summed E-state index contributed by atoms with van der Waals surface area (Å²) in [5.41, 5.74) is 7.82. The molecule has 0 aromatic heterocycles. The predicted molar refractivity (Wildman–Crippen MR) is 109 cm³/mol. The van der Waals surface area contributed by atoms with Crippen molar-refractivity contribution in [3.8, 4) is 0 Å². The lowest BCUT2D eigenvalue weighted by Gasteiger charge is -2.38. The normalized spacial score (nSPS) is 27.9. The molecule has 0 radical (unpaired) electrons. The number of benzene rings is 2. The summed E-state index contributed by atoms with van der Waals surface area (Å²) < 4.78 is 0. The van der Waals surface area contributed by atoms with Gasteiger partial charge < -0.3 is 10.8 Å². The van der Waals surface area contributed by atoms with Crippen molar-refractivity contribution >= 4 is 29.2 Å². The van der Waals surface area contributed by atoms with Crippen molar-refractivity contribution in [1.29, 1.82) is 0 Å². The van der Waals surface area contributed by atoms with E-state index in [1.54, 1.807) is 24.3 Å². The van der Waals surface area contributed by atoms with Crippen LogP contribution in [0.1, 0.15) is 37.3 Å². The van der Waals surface area contributed by atoms with Crippen LogP contribution in [0.25, 0.3) is 0 Å². The van der Waals surface area contributed by atoms with E-state index in [1.165, 1.54) is 0 Å². The molecule has 144 valence electrons. The van der Waals surface area contributed by atoms with Crippen LogP contribution in [0.2, 0.25) is 10.0 Å². The highest BCUT2D eigenvalue weighted by molar-refractivity contribution is 6.30. The van der Waals surface area contributed by atoms with Gasteiger partial charge in [-0.1, -0.05) is 61.3 Å². The first-order valence-corrected chi connectivity index (χ1v) is 9.78. The summed E-state index contributed by atoms with van der Waals surface area (Å²) in [5, 5.41) is 14.4. The van der Waals surface area contributed by atoms with Crippen LogP contribution in [0.5, 0.6) is 0 Å². The van der Waals surface area contributed by atoms with Crippen molar-refractivity contribution in [3.63, 3.8) is 0 Å². The van der Waals surface area contributed by atoms with Gasteiger partial charge in [-0.3, -0.25) is 10.1 Å². The molecule has 1 aliphatic heterocycles. The molecule has 2 aromatic carbocycles. The average Bonchev–Trinajstić information content (AvgIpc) is 2.89. The van der Waals surface area contributed by atoms with Crippen LogP contribution in [0.4, 0.5) is 0 Å². The van der Waals surface area contributed by atoms with E-state index in [9.17, 15) is 9.90 Å². The van der Waals surface area contributed by atoms with Crippen molar-refractivity contribution in [3.05, 3.63) is 69.7 Å². The number of carbonyl (C=O) groups is 1. The first-order valence-electron chi connectivity index (χ1n) is 9.02. The van der Waals surface area contributed by atoms with Crippen molar-refractivity contribution in [2.24, 2.45) is 11.7 Å². The fourth-order valence-electron chi connectivity index (χ4n) is 4.18. The second-order valence-electron chi connectivity index (χ2n) is 7.64. The van der Waals surface area contributed by atoms with E-state index in [4.69, 9.17) is 28.9 Å². The van der Waals surface area contributed by atoms with Gasteiger partial charge in [0.2, 0.25) is 0 Å². The minimum Gasteiger partial charge on any atom is -0.480 e. The quantitative estimate of drug-likeness (QED) is 0.687. The first kappa shape index (κ1) is 20.2. The Morgan fingerprint density at radius 3 is 2.41 bits per heavy atom. The minimum atomic E-state index is -0.921. The standard InChI is InChI=1S/C21H24Cl2N2O2/c1-12(2)10-17-21(24,14-6-8-15(22)9-7-14)18(19(25-17)20(26)27)13-4-3-5-16(23)11-13/h3-9,11-12,17-19,25H,10,24H2,1-2H3,(H,26,27). The number of hydrogen-bond donors (Lipinski definition) is 3. The van der Waals surface area contributed by atoms with Gasteiger partial charge in [-0.15, -0.1) is 0 Å². The van der Waals surface area contributed by atoms with E-state index in [2.05, 4.69) is 19.2 Å². The average molecular weight is 407 g/mol. The number of aliphatic carboxylic acids is 1. The van der Waals surface area contributed by atoms with Crippen molar-refractivity contribution < 1.29 is 9.90 Å². The van der Waals surface area contributed by atoms with Gasteiger partial charge in [0.15, 0.2) is 0 Å². The lowest BCUT2D eigenvalue weighted by Crippen LogP contribution is -2.51. The van der Waals surface area contributed by atoms with Crippen molar-refractivity contribution in [2.75, 3.05) is 0 Å². The smallest absolute Gasteiger partial charge is 0.321 e. The third kappa shape index (κ3) is 3.85. The van der Waals surface area contributed by atoms with Gasteiger partial charge >= 0.3 is 5.97 Å². The zero-order valence-electron chi connectivity index (χ0n) is 15.3. The molecule has 0 aliphatic carbocycles. The fourth-order valence-corrected chi connectivity index (χ4v) is 4.50. The monoisotopic (exact) mass is 406 g/mol. The Bertz CT molecular complexity index is 825. The predicted octanol–water partition coefficient (Wildman–Crippen LogP) is 4.40. The van der Waals surface area contributed by atoms with Crippen LogP contribution in [-0.4, -0.2) is 23.2 Å². The van der Waals surface area contributed by atoms with E-state index >= 15 is 0 Å². The molecule has 2 aromatic rings. The highest BCUT2D eigenvalue weighted by Gasteiger charge is 2.56. The summed E-state index contributed by atoms with van der Waals surface area (Å²) in [6.45, 7) is 4.21. The summed E-state index contributed by atoms with van der Waals surface area (Å²) >= 11 is 12.3. The Balaban J connectivity index is 2.19. The van der Waals surface area contributed by atoms with E-state index < -0.39 is 23.5 Å². The molecule has 0 saturated carbocycles. The topological polar surface area (TPSA) is 75.3 Å². The van der Waals surface area contributed by atoms with E-state index in [1.807, 2.05) is 24.3 Å². The van der Waals surface area contributed by atoms with E-state index in [0.29, 0.717) is 16.0 Å². The maximum Gasteiger partial charge on any atom is 0.321 e. The molecule has 1 fully saturated rings. The summed E-state index contributed by atoms with van der Waals surface area (Å²) in [6.07, 6.45) is 0.750. The molecule has 0 spiro atoms. The number of rotatable bonds is 5. The van der Waals surface area contributed by atoms with Crippen molar-refractivity contribution in [1.82, 2.24) is 5.32 Å². The number of carboxylic acid groups (broad SMARTS) is 1. The van der Waals surface area contributed by atoms with E-state index in [0.717, 1.165) is 17.5 Å². The summed E-state index contributed by atoms with van der Waals surface area (Å²) in [5.74, 6) is -1.04. The Hall–Kier alpha value is -1.59. The van der Waals surface area contributed by atoms with Crippen LogP contribution in [0.3, 0.4) is 0 Å². The van der Waals surface area contributed by atoms with Crippen molar-refractivity contribution in [2.45, 2.75) is 43.8 Å². The molecule has 1 heterocycles. The number of carboxylic acids is 1. The van der Waals surface area contributed by atoms with Gasteiger partial charge in [0, 0.05) is 22.0 Å². The summed E-state index contributed by atoms with van der Waals surface area (Å²) in [6, 6.07) is 13.6. The van der Waals surface area contributed by atoms with Gasteiger partial charge in [0.25, 0.3) is 0 Å². The molecule has 1 aliphatic rings. The zero-order valence-corrected chi connectivity index (χ0v) is 16.8. The third-order valence-corrected chi connectivity index (χ3v) is 5.82. The molecule has 4 unspecified atom stereocenters. The molecular weight excluding hydrogens is 383 g/mol. The number of halogens is 2. The highest BCUT2D eigenvalue weighted by Crippen LogP contribution is 2.47. The second-order valence-corrected chi connectivity index (χ2v) is 8.51. The van der Waals surface area contributed by atoms with Gasteiger partial charge in [-0.25, -0.2) is 0 Å².